The van der Waals surface area contributed by atoms with Crippen LogP contribution in [0.15, 0.2) is 83.9 Å². The maximum Gasteiger partial charge on any atom is 0.257 e. The molecule has 0 atom stereocenters. The van der Waals surface area contributed by atoms with Crippen molar-refractivity contribution >= 4 is 29.4 Å². The Bertz CT molecular complexity index is 1110. The van der Waals surface area contributed by atoms with E-state index in [0.717, 1.165) is 0 Å². The third kappa shape index (κ3) is 5.77. The van der Waals surface area contributed by atoms with Gasteiger partial charge >= 0.3 is 0 Å². The zero-order valence-electron chi connectivity index (χ0n) is 16.7. The van der Waals surface area contributed by atoms with E-state index in [-0.39, 0.29) is 5.96 Å². The predicted octanol–water partition coefficient (Wildman–Crippen LogP) is 2.64. The van der Waals surface area contributed by atoms with Crippen LogP contribution in [0.5, 0.6) is 5.75 Å². The molecule has 0 unspecified atom stereocenters. The second-order valence-corrected chi connectivity index (χ2v) is 6.37. The molecule has 8 nitrogen and oxygen atoms in total. The standard InChI is InChI=1S/C23H20N4O4/c1-31-19-13-9-17(10-14-19)22(30)27-23(26-21(29)16-5-3-2-4-6-16)25-18-11-7-15(8-12-18)20(24)28/h2-14H,1H3,(H2,24,28)(H2,25,26,27,29,30). The van der Waals surface area contributed by atoms with E-state index in [4.69, 9.17) is 10.5 Å². The third-order valence-electron chi connectivity index (χ3n) is 4.24. The number of carbonyl (C=O) groups excluding carboxylic acids is 3. The van der Waals surface area contributed by atoms with Gasteiger partial charge in [0.2, 0.25) is 11.9 Å². The molecule has 3 aromatic carbocycles. The van der Waals surface area contributed by atoms with Gasteiger partial charge in [0.1, 0.15) is 5.75 Å². The van der Waals surface area contributed by atoms with Gasteiger partial charge in [-0.15, -0.1) is 0 Å². The number of hydrogen-bond donors (Lipinski definition) is 3. The minimum atomic E-state index is -0.569. The van der Waals surface area contributed by atoms with Gasteiger partial charge in [0.05, 0.1) is 12.8 Å². The number of nitrogens with one attached hydrogen (secondary N) is 2. The summed E-state index contributed by atoms with van der Waals surface area (Å²) in [6, 6.07) is 21.1. The van der Waals surface area contributed by atoms with Gasteiger partial charge in [0.15, 0.2) is 0 Å². The molecule has 0 spiro atoms. The molecule has 0 aliphatic heterocycles. The highest BCUT2D eigenvalue weighted by atomic mass is 16.5. The predicted molar refractivity (Wildman–Crippen MR) is 116 cm³/mol. The van der Waals surface area contributed by atoms with Crippen LogP contribution < -0.4 is 21.1 Å². The second-order valence-electron chi connectivity index (χ2n) is 6.37. The Morgan fingerprint density at radius 2 is 1.26 bits per heavy atom. The van der Waals surface area contributed by atoms with Crippen molar-refractivity contribution in [2.45, 2.75) is 0 Å². The highest BCUT2D eigenvalue weighted by Gasteiger charge is 2.14. The summed E-state index contributed by atoms with van der Waals surface area (Å²) >= 11 is 0. The number of nitrogens with zero attached hydrogens (tertiary/aromatic N) is 1. The number of hydrogen-bond acceptors (Lipinski definition) is 5. The van der Waals surface area contributed by atoms with E-state index in [9.17, 15) is 14.4 Å². The van der Waals surface area contributed by atoms with E-state index in [1.807, 2.05) is 0 Å². The largest absolute Gasteiger partial charge is 0.497 e. The molecule has 0 heterocycles. The topological polar surface area (TPSA) is 123 Å². The number of guanidine groups is 1. The van der Waals surface area contributed by atoms with Crippen LogP contribution in [-0.2, 0) is 0 Å². The minimum absolute atomic E-state index is 0.0681. The van der Waals surface area contributed by atoms with Crippen LogP contribution in [0.1, 0.15) is 31.1 Å². The molecule has 3 amide bonds. The molecule has 156 valence electrons. The molecule has 0 aliphatic rings. The van der Waals surface area contributed by atoms with Gasteiger partial charge in [-0.05, 0) is 60.7 Å². The van der Waals surface area contributed by atoms with Crippen LogP contribution in [0.3, 0.4) is 0 Å². The lowest BCUT2D eigenvalue weighted by Gasteiger charge is -2.11. The summed E-state index contributed by atoms with van der Waals surface area (Å²) in [7, 11) is 1.53. The van der Waals surface area contributed by atoms with Gasteiger partial charge in [-0.1, -0.05) is 18.2 Å². The monoisotopic (exact) mass is 416 g/mol. The molecule has 0 bridgehead atoms. The van der Waals surface area contributed by atoms with Gasteiger partial charge < -0.3 is 10.5 Å². The number of benzene rings is 3. The summed E-state index contributed by atoms with van der Waals surface area (Å²) in [6.07, 6.45) is 0. The fraction of sp³-hybridized carbons (Fsp3) is 0.0435. The summed E-state index contributed by atoms with van der Waals surface area (Å²) in [6.45, 7) is 0. The zero-order valence-corrected chi connectivity index (χ0v) is 16.7. The van der Waals surface area contributed by atoms with Gasteiger partial charge in [-0.2, -0.15) is 0 Å². The van der Waals surface area contributed by atoms with E-state index < -0.39 is 17.7 Å². The number of carbonyl (C=O) groups is 3. The summed E-state index contributed by atoms with van der Waals surface area (Å²) in [5.41, 5.74) is 6.72. The quantitative estimate of drug-likeness (QED) is 0.437. The summed E-state index contributed by atoms with van der Waals surface area (Å²) in [5, 5.41) is 5.21. The first kappa shape index (κ1) is 21.3. The Balaban J connectivity index is 1.86. The second kappa shape index (κ2) is 9.84. The van der Waals surface area contributed by atoms with Crippen LogP contribution in [0, 0.1) is 0 Å². The van der Waals surface area contributed by atoms with Crippen molar-refractivity contribution in [2.75, 3.05) is 7.11 Å². The molecule has 0 aromatic heterocycles. The van der Waals surface area contributed by atoms with E-state index in [0.29, 0.717) is 28.1 Å². The van der Waals surface area contributed by atoms with E-state index in [1.54, 1.807) is 66.7 Å². The highest BCUT2D eigenvalue weighted by Crippen LogP contribution is 2.14. The van der Waals surface area contributed by atoms with Crippen molar-refractivity contribution in [1.82, 2.24) is 10.6 Å². The zero-order chi connectivity index (χ0) is 22.2. The lowest BCUT2D eigenvalue weighted by atomic mass is 10.2. The molecule has 0 saturated heterocycles. The molecule has 0 fully saturated rings. The first-order valence-electron chi connectivity index (χ1n) is 9.26. The van der Waals surface area contributed by atoms with Crippen LogP contribution in [0.2, 0.25) is 0 Å². The molecule has 31 heavy (non-hydrogen) atoms. The number of primary amides is 1. The normalized spacial score (nSPS) is 10.8. The fourth-order valence-electron chi connectivity index (χ4n) is 2.61. The SMILES string of the molecule is COc1ccc(C(=O)NC(=Nc2ccc(C(N)=O)cc2)NC(=O)c2ccccc2)cc1. The Hall–Kier alpha value is -4.46. The fourth-order valence-corrected chi connectivity index (χ4v) is 2.61. The molecule has 0 radical (unpaired) electrons. The number of amides is 3. The smallest absolute Gasteiger partial charge is 0.257 e. The Labute approximate surface area is 178 Å². The molecule has 4 N–H and O–H groups in total. The first-order valence-corrected chi connectivity index (χ1v) is 9.26. The lowest BCUT2D eigenvalue weighted by molar-refractivity contribution is 0.0963. The van der Waals surface area contributed by atoms with Crippen LogP contribution in [0.4, 0.5) is 5.69 Å². The maximum absolute atomic E-state index is 12.7. The molecular weight excluding hydrogens is 396 g/mol. The molecule has 3 rings (SSSR count). The van der Waals surface area contributed by atoms with Crippen LogP contribution >= 0.6 is 0 Å². The van der Waals surface area contributed by atoms with Gasteiger partial charge in [-0.3, -0.25) is 25.0 Å². The molecular formula is C23H20N4O4. The van der Waals surface area contributed by atoms with Crippen molar-refractivity contribution in [3.63, 3.8) is 0 Å². The third-order valence-corrected chi connectivity index (χ3v) is 4.24. The van der Waals surface area contributed by atoms with Gasteiger partial charge in [0, 0.05) is 16.7 Å². The average Bonchev–Trinajstić information content (AvgIpc) is 2.80. The Morgan fingerprint density at radius 1 is 0.742 bits per heavy atom. The molecule has 8 heteroatoms. The molecule has 3 aromatic rings. The number of aliphatic imine (C=N–C) groups is 1. The number of methoxy groups -OCH3 is 1. The average molecular weight is 416 g/mol. The van der Waals surface area contributed by atoms with Crippen molar-refractivity contribution in [3.05, 3.63) is 95.6 Å². The maximum atomic E-state index is 12.7. The number of ether oxygens (including phenoxy) is 1. The van der Waals surface area contributed by atoms with Crippen molar-refractivity contribution in [1.29, 1.82) is 0 Å². The van der Waals surface area contributed by atoms with Gasteiger partial charge in [0.25, 0.3) is 11.8 Å². The van der Waals surface area contributed by atoms with Crippen LogP contribution in [0.25, 0.3) is 0 Å². The van der Waals surface area contributed by atoms with E-state index in [2.05, 4.69) is 15.6 Å². The molecule has 0 aliphatic carbocycles. The number of nitrogens with two attached hydrogens (primary N) is 1. The van der Waals surface area contributed by atoms with Crippen molar-refractivity contribution in [2.24, 2.45) is 10.7 Å². The van der Waals surface area contributed by atoms with Gasteiger partial charge in [-0.25, -0.2) is 4.99 Å². The van der Waals surface area contributed by atoms with Crippen molar-refractivity contribution < 1.29 is 19.1 Å². The highest BCUT2D eigenvalue weighted by molar-refractivity contribution is 6.13. The van der Waals surface area contributed by atoms with E-state index in [1.165, 1.54) is 19.2 Å². The number of rotatable bonds is 5. The summed E-state index contributed by atoms with van der Waals surface area (Å²) < 4.78 is 5.09. The van der Waals surface area contributed by atoms with Crippen molar-refractivity contribution in [3.8, 4) is 5.75 Å². The first-order chi connectivity index (χ1) is 15.0. The van der Waals surface area contributed by atoms with Crippen LogP contribution in [-0.4, -0.2) is 30.8 Å². The Morgan fingerprint density at radius 3 is 1.77 bits per heavy atom. The minimum Gasteiger partial charge on any atom is -0.497 e. The summed E-state index contributed by atoms with van der Waals surface area (Å²) in [4.78, 5) is 40.8. The Kier molecular flexibility index (Phi) is 6.74. The summed E-state index contributed by atoms with van der Waals surface area (Å²) in [5.74, 6) is -0.938. The lowest BCUT2D eigenvalue weighted by Crippen LogP contribution is -2.43. The van der Waals surface area contributed by atoms with E-state index >= 15 is 0 Å². The molecule has 0 saturated carbocycles.